The number of hydrogen-bond donors (Lipinski definition) is 1. The molecule has 23 heavy (non-hydrogen) atoms. The summed E-state index contributed by atoms with van der Waals surface area (Å²) in [6.45, 7) is 1.42. The number of H-pyrrole nitrogens is 1. The summed E-state index contributed by atoms with van der Waals surface area (Å²) in [5, 5.41) is 14.0. The fourth-order valence-electron chi connectivity index (χ4n) is 2.63. The zero-order chi connectivity index (χ0) is 16.3. The predicted molar refractivity (Wildman–Crippen MR) is 74.8 cm³/mol. The quantitative estimate of drug-likeness (QED) is 0.923. The number of tetrazole rings is 1. The Morgan fingerprint density at radius 1 is 1.26 bits per heavy atom. The van der Waals surface area contributed by atoms with Crippen LogP contribution in [0.25, 0.3) is 0 Å². The summed E-state index contributed by atoms with van der Waals surface area (Å²) in [4.78, 5) is 10.4. The molecule has 0 bridgehead atoms. The fourth-order valence-corrected chi connectivity index (χ4v) is 2.63. The molecule has 0 amide bonds. The van der Waals surface area contributed by atoms with E-state index in [1.165, 1.54) is 12.3 Å². The van der Waals surface area contributed by atoms with Gasteiger partial charge in [-0.05, 0) is 25.3 Å². The van der Waals surface area contributed by atoms with Crippen LogP contribution in [0.15, 0.2) is 12.3 Å². The van der Waals surface area contributed by atoms with E-state index in [-0.39, 0.29) is 12.3 Å². The Balaban J connectivity index is 1.60. The SMILES string of the molecule is FC(F)(F)CCc1ccnc(N2CCC(c3nn[nH]n3)CC2)n1. The molecule has 0 radical (unpaired) electrons. The van der Waals surface area contributed by atoms with Crippen molar-refractivity contribution in [3.8, 4) is 0 Å². The molecule has 2 aromatic rings. The van der Waals surface area contributed by atoms with Gasteiger partial charge in [0, 0.05) is 37.3 Å². The third-order valence-corrected chi connectivity index (χ3v) is 3.87. The molecule has 2 aromatic heterocycles. The summed E-state index contributed by atoms with van der Waals surface area (Å²) in [6.07, 6.45) is -2.00. The average molecular weight is 327 g/mol. The molecule has 1 aliphatic heterocycles. The number of nitrogens with one attached hydrogen (secondary N) is 1. The van der Waals surface area contributed by atoms with E-state index in [1.54, 1.807) is 0 Å². The van der Waals surface area contributed by atoms with Crippen molar-refractivity contribution in [3.05, 3.63) is 23.8 Å². The van der Waals surface area contributed by atoms with E-state index in [9.17, 15) is 13.2 Å². The van der Waals surface area contributed by atoms with Gasteiger partial charge in [-0.1, -0.05) is 5.21 Å². The van der Waals surface area contributed by atoms with Gasteiger partial charge in [0.05, 0.1) is 0 Å². The molecule has 1 aliphatic rings. The molecule has 1 saturated heterocycles. The van der Waals surface area contributed by atoms with Crippen LogP contribution in [0.4, 0.5) is 19.1 Å². The summed E-state index contributed by atoms with van der Waals surface area (Å²) in [5.74, 6) is 1.42. The number of halogens is 3. The van der Waals surface area contributed by atoms with Gasteiger partial charge in [-0.25, -0.2) is 9.97 Å². The highest BCUT2D eigenvalue weighted by atomic mass is 19.4. The number of aromatic nitrogens is 6. The minimum absolute atomic E-state index is 0.127. The Morgan fingerprint density at radius 2 is 2.04 bits per heavy atom. The monoisotopic (exact) mass is 327 g/mol. The van der Waals surface area contributed by atoms with Gasteiger partial charge in [0.25, 0.3) is 0 Å². The Hall–Kier alpha value is -2.26. The molecule has 3 heterocycles. The van der Waals surface area contributed by atoms with Crippen LogP contribution in [0, 0.1) is 0 Å². The van der Waals surface area contributed by atoms with Crippen LogP contribution in [0.5, 0.6) is 0 Å². The predicted octanol–water partition coefficient (Wildman–Crippen LogP) is 1.87. The highest BCUT2D eigenvalue weighted by Crippen LogP contribution is 2.27. The molecule has 1 N–H and O–H groups in total. The summed E-state index contributed by atoms with van der Waals surface area (Å²) >= 11 is 0. The molecule has 0 aliphatic carbocycles. The molecule has 0 unspecified atom stereocenters. The van der Waals surface area contributed by atoms with Crippen molar-refractivity contribution in [2.45, 2.75) is 37.8 Å². The summed E-state index contributed by atoms with van der Waals surface area (Å²) in [5.41, 5.74) is 0.410. The van der Waals surface area contributed by atoms with Crippen molar-refractivity contribution in [1.29, 1.82) is 0 Å². The lowest BCUT2D eigenvalue weighted by Gasteiger charge is -2.30. The van der Waals surface area contributed by atoms with Crippen molar-refractivity contribution in [3.63, 3.8) is 0 Å². The smallest absolute Gasteiger partial charge is 0.341 e. The highest BCUT2D eigenvalue weighted by Gasteiger charge is 2.27. The van der Waals surface area contributed by atoms with Crippen molar-refractivity contribution in [1.82, 2.24) is 30.6 Å². The number of anilines is 1. The van der Waals surface area contributed by atoms with E-state index >= 15 is 0 Å². The number of rotatable bonds is 4. The maximum absolute atomic E-state index is 12.3. The number of alkyl halides is 3. The van der Waals surface area contributed by atoms with Crippen LogP contribution >= 0.6 is 0 Å². The zero-order valence-electron chi connectivity index (χ0n) is 12.3. The lowest BCUT2D eigenvalue weighted by molar-refractivity contribution is -0.134. The van der Waals surface area contributed by atoms with Gasteiger partial charge >= 0.3 is 6.18 Å². The van der Waals surface area contributed by atoms with Crippen molar-refractivity contribution in [2.75, 3.05) is 18.0 Å². The minimum Gasteiger partial charge on any atom is -0.341 e. The number of hydrogen-bond acceptors (Lipinski definition) is 6. The molecule has 0 aromatic carbocycles. The van der Waals surface area contributed by atoms with Crippen LogP contribution in [-0.4, -0.2) is 49.9 Å². The summed E-state index contributed by atoms with van der Waals surface area (Å²) < 4.78 is 36.9. The topological polar surface area (TPSA) is 83.5 Å². The molecule has 0 spiro atoms. The Kier molecular flexibility index (Phi) is 4.39. The molecular formula is C13H16F3N7. The largest absolute Gasteiger partial charge is 0.389 e. The van der Waals surface area contributed by atoms with Crippen LogP contribution in [0.1, 0.15) is 36.7 Å². The fraction of sp³-hybridized carbons (Fsp3) is 0.615. The van der Waals surface area contributed by atoms with Gasteiger partial charge in [-0.2, -0.15) is 18.4 Å². The number of aromatic amines is 1. The molecule has 7 nitrogen and oxygen atoms in total. The lowest BCUT2D eigenvalue weighted by atomic mass is 9.96. The number of piperidine rings is 1. The van der Waals surface area contributed by atoms with Crippen molar-refractivity contribution < 1.29 is 13.2 Å². The van der Waals surface area contributed by atoms with Gasteiger partial charge in [-0.15, -0.1) is 10.2 Å². The second kappa shape index (κ2) is 6.47. The second-order valence-corrected chi connectivity index (χ2v) is 5.49. The maximum Gasteiger partial charge on any atom is 0.389 e. The van der Waals surface area contributed by atoms with Crippen LogP contribution < -0.4 is 4.90 Å². The minimum atomic E-state index is -4.17. The van der Waals surface area contributed by atoms with E-state index in [2.05, 4.69) is 30.6 Å². The molecule has 0 atom stereocenters. The molecule has 0 saturated carbocycles. The van der Waals surface area contributed by atoms with E-state index < -0.39 is 12.6 Å². The van der Waals surface area contributed by atoms with Crippen LogP contribution in [-0.2, 0) is 6.42 Å². The van der Waals surface area contributed by atoms with Crippen LogP contribution in [0.2, 0.25) is 0 Å². The number of nitrogens with zero attached hydrogens (tertiary/aromatic N) is 6. The molecule has 124 valence electrons. The van der Waals surface area contributed by atoms with Crippen molar-refractivity contribution in [2.24, 2.45) is 0 Å². The van der Waals surface area contributed by atoms with Gasteiger partial charge in [0.15, 0.2) is 5.82 Å². The molecule has 1 fully saturated rings. The Morgan fingerprint density at radius 3 is 2.70 bits per heavy atom. The molecule has 3 rings (SSSR count). The average Bonchev–Trinajstić information content (AvgIpc) is 3.07. The Labute approximate surface area is 130 Å². The molecule has 10 heteroatoms. The molecular weight excluding hydrogens is 311 g/mol. The zero-order valence-corrected chi connectivity index (χ0v) is 12.3. The van der Waals surface area contributed by atoms with Gasteiger partial charge in [-0.3, -0.25) is 0 Å². The van der Waals surface area contributed by atoms with E-state index in [0.717, 1.165) is 12.8 Å². The number of aryl methyl sites for hydroxylation is 1. The maximum atomic E-state index is 12.3. The summed E-state index contributed by atoms with van der Waals surface area (Å²) in [7, 11) is 0. The standard InChI is InChI=1S/C13H16F3N7/c14-13(15,16)5-1-10-2-6-17-12(18-10)23-7-3-9(4-8-23)11-19-21-22-20-11/h2,6,9H,1,3-5,7-8H2,(H,19,20,21,22). The normalized spacial score (nSPS) is 16.7. The van der Waals surface area contributed by atoms with Gasteiger partial charge in [0.1, 0.15) is 0 Å². The van der Waals surface area contributed by atoms with E-state index in [0.29, 0.717) is 30.6 Å². The van der Waals surface area contributed by atoms with Gasteiger partial charge < -0.3 is 4.90 Å². The first-order chi connectivity index (χ1) is 11.0. The second-order valence-electron chi connectivity index (χ2n) is 5.49. The van der Waals surface area contributed by atoms with E-state index in [4.69, 9.17) is 0 Å². The third-order valence-electron chi connectivity index (χ3n) is 3.87. The van der Waals surface area contributed by atoms with Crippen molar-refractivity contribution >= 4 is 5.95 Å². The third kappa shape index (κ3) is 4.14. The first-order valence-corrected chi connectivity index (χ1v) is 7.38. The van der Waals surface area contributed by atoms with Crippen LogP contribution in [0.3, 0.4) is 0 Å². The Bertz CT molecular complexity index is 621. The summed E-state index contributed by atoms with van der Waals surface area (Å²) in [6, 6.07) is 1.53. The first kappa shape index (κ1) is 15.6. The van der Waals surface area contributed by atoms with Gasteiger partial charge in [0.2, 0.25) is 5.95 Å². The van der Waals surface area contributed by atoms with E-state index in [1.807, 2.05) is 4.90 Å². The first-order valence-electron chi connectivity index (χ1n) is 7.38. The highest BCUT2D eigenvalue weighted by molar-refractivity contribution is 5.31. The lowest BCUT2D eigenvalue weighted by Crippen LogP contribution is -2.34.